The smallest absolute Gasteiger partial charge is 0.195 e. The van der Waals surface area contributed by atoms with Crippen molar-refractivity contribution in [3.05, 3.63) is 5.58 Å². The first kappa shape index (κ1) is 16.6. The van der Waals surface area contributed by atoms with Crippen LogP contribution in [0.2, 0.25) is 0 Å². The van der Waals surface area contributed by atoms with Gasteiger partial charge in [-0.05, 0) is 15.9 Å². The normalized spacial score (nSPS) is 3.60. The molecule has 0 aliphatic heterocycles. The zero-order valence-corrected chi connectivity index (χ0v) is 6.59. The summed E-state index contributed by atoms with van der Waals surface area (Å²) in [6, 6.07) is 0. The summed E-state index contributed by atoms with van der Waals surface area (Å²) in [5.41, 5.74) is 0.312. The Hall–Kier alpha value is 1.03. The summed E-state index contributed by atoms with van der Waals surface area (Å²) in [6.07, 6.45) is 0. The molecule has 0 aromatic heterocycles. The van der Waals surface area contributed by atoms with E-state index in [-0.39, 0.29) is 26.9 Å². The van der Waals surface area contributed by atoms with Crippen molar-refractivity contribution in [2.75, 3.05) is 0 Å². The van der Waals surface area contributed by atoms with Crippen molar-refractivity contribution in [1.29, 1.82) is 0 Å². The van der Waals surface area contributed by atoms with Gasteiger partial charge in [-0.3, -0.25) is 0 Å². The van der Waals surface area contributed by atoms with Crippen molar-refractivity contribution in [3.8, 4) is 0 Å². The molecule has 3 heteroatoms. The van der Waals surface area contributed by atoms with Gasteiger partial charge in [-0.25, -0.2) is 4.39 Å². The van der Waals surface area contributed by atoms with Gasteiger partial charge in [0.15, 0.2) is 5.58 Å². The third-order valence-corrected chi connectivity index (χ3v) is 0. The molecule has 29 valence electrons. The molecule has 0 fully saturated rings. The Morgan fingerprint density at radius 2 is 1.60 bits per heavy atom. The molecule has 0 spiro atoms. The minimum atomic E-state index is 0. The van der Waals surface area contributed by atoms with Crippen molar-refractivity contribution in [2.24, 2.45) is 0 Å². The van der Waals surface area contributed by atoms with E-state index in [1.54, 1.807) is 0 Å². The molecule has 0 unspecified atom stereocenters. The van der Waals surface area contributed by atoms with Crippen LogP contribution in [-0.2, 0) is 19.5 Å². The van der Waals surface area contributed by atoms with Gasteiger partial charge in [0, 0.05) is 19.5 Å². The van der Waals surface area contributed by atoms with Crippen molar-refractivity contribution in [3.63, 3.8) is 0 Å². The maximum Gasteiger partial charge on any atom is 0.195 e. The van der Waals surface area contributed by atoms with Crippen molar-refractivity contribution < 1.29 is 23.9 Å². The van der Waals surface area contributed by atoms with Crippen LogP contribution in [0, 0.1) is 5.58 Å². The second kappa shape index (κ2) is 19.8. The average Bonchev–Trinajstić information content (AvgIpc) is 0.918. The molecule has 0 aliphatic carbocycles. The molecule has 0 N–H and O–H groups in total. The third-order valence-electron chi connectivity index (χ3n) is 0. The first-order valence-electron chi connectivity index (χ1n) is 0.436. The summed E-state index contributed by atoms with van der Waals surface area (Å²) in [5.74, 6) is 0. The maximum absolute atomic E-state index is 10.1. The zero-order chi connectivity index (χ0) is 2.71. The van der Waals surface area contributed by atoms with Gasteiger partial charge >= 0.3 is 0 Å². The molecule has 5 heavy (non-hydrogen) atoms. The van der Waals surface area contributed by atoms with Crippen LogP contribution in [0.5, 0.6) is 0 Å². The molecule has 1 radical (unpaired) electrons. The van der Waals surface area contributed by atoms with E-state index in [1.165, 1.54) is 0 Å². The van der Waals surface area contributed by atoms with Crippen LogP contribution in [0.3, 0.4) is 0 Å². The Morgan fingerprint density at radius 1 is 1.60 bits per heavy atom. The maximum atomic E-state index is 10.1. The van der Waals surface area contributed by atoms with Gasteiger partial charge in [0.2, 0.25) is 0 Å². The van der Waals surface area contributed by atoms with Crippen LogP contribution in [0.4, 0.5) is 4.39 Å². The summed E-state index contributed by atoms with van der Waals surface area (Å²) in [7, 11) is 0. The Balaban J connectivity index is -0.0000000200. The van der Waals surface area contributed by atoms with Crippen LogP contribution in [0.1, 0.15) is 7.43 Å². The van der Waals surface area contributed by atoms with Crippen LogP contribution in [-0.4, -0.2) is 0 Å². The van der Waals surface area contributed by atoms with Gasteiger partial charge < -0.3 is 0 Å². The number of hydrogen-bond donors (Lipinski definition) is 0. The molecular formula is C2H5BrFZn. The second-order valence-corrected chi connectivity index (χ2v) is 0.429. The summed E-state index contributed by atoms with van der Waals surface area (Å²) in [6.45, 7) is 0. The molecule has 0 saturated carbocycles. The van der Waals surface area contributed by atoms with E-state index in [2.05, 4.69) is 15.9 Å². The molecule has 0 bridgehead atoms. The van der Waals surface area contributed by atoms with E-state index in [0.29, 0.717) is 5.58 Å². The summed E-state index contributed by atoms with van der Waals surface area (Å²) < 4.78 is 10.1. The predicted molar refractivity (Wildman–Crippen MR) is 21.1 cm³/mol. The molecule has 0 saturated heterocycles. The fourth-order valence-electron chi connectivity index (χ4n) is 0. The molecule has 0 amide bonds. The van der Waals surface area contributed by atoms with Gasteiger partial charge in [-0.1, -0.05) is 7.43 Å². The minimum Gasteiger partial charge on any atom is -0.231 e. The Bertz CT molecular complexity index is 9.61. The summed E-state index contributed by atoms with van der Waals surface area (Å²) in [5, 5.41) is 0. The van der Waals surface area contributed by atoms with Crippen LogP contribution in [0.15, 0.2) is 0 Å². The Morgan fingerprint density at radius 3 is 1.60 bits per heavy atom. The van der Waals surface area contributed by atoms with Crippen LogP contribution < -0.4 is 0 Å². The van der Waals surface area contributed by atoms with E-state index in [9.17, 15) is 4.39 Å². The topological polar surface area (TPSA) is 0 Å². The van der Waals surface area contributed by atoms with Gasteiger partial charge in [0.05, 0.1) is 0 Å². The fraction of sp³-hybridized carbons (Fsp3) is 0.500. The van der Waals surface area contributed by atoms with Crippen molar-refractivity contribution in [1.82, 2.24) is 0 Å². The largest absolute Gasteiger partial charge is 0.231 e. The van der Waals surface area contributed by atoms with E-state index in [1.807, 2.05) is 0 Å². The number of hydrogen-bond acceptors (Lipinski definition) is 0. The molecule has 0 aromatic carbocycles. The second-order valence-electron chi connectivity index (χ2n) is 0.0825. The number of rotatable bonds is 0. The average molecular weight is 193 g/mol. The quantitative estimate of drug-likeness (QED) is 0.517. The van der Waals surface area contributed by atoms with Gasteiger partial charge in [-0.2, -0.15) is 0 Å². The molecular weight excluding hydrogens is 188 g/mol. The summed E-state index contributed by atoms with van der Waals surface area (Å²) >= 11 is 2.35. The molecule has 0 rings (SSSR count). The Labute approximate surface area is 53.0 Å². The van der Waals surface area contributed by atoms with E-state index < -0.39 is 0 Å². The van der Waals surface area contributed by atoms with E-state index in [0.717, 1.165) is 0 Å². The molecule has 0 aliphatic rings. The third kappa shape index (κ3) is 43.4. The summed E-state index contributed by atoms with van der Waals surface area (Å²) in [4.78, 5) is 0. The molecule has 0 nitrogen and oxygen atoms in total. The van der Waals surface area contributed by atoms with Crippen LogP contribution in [0.25, 0.3) is 0 Å². The molecule has 0 aromatic rings. The van der Waals surface area contributed by atoms with Gasteiger partial charge in [0.1, 0.15) is 0 Å². The molecule has 0 atom stereocenters. The predicted octanol–water partition coefficient (Wildman–Crippen LogP) is 2.10. The van der Waals surface area contributed by atoms with Gasteiger partial charge in [-0.15, -0.1) is 0 Å². The fourth-order valence-corrected chi connectivity index (χ4v) is 0. The number of halogens is 2. The SMILES string of the molecule is C.F[CH]Br.[Zn]. The van der Waals surface area contributed by atoms with Crippen LogP contribution >= 0.6 is 15.9 Å². The van der Waals surface area contributed by atoms with E-state index in [4.69, 9.17) is 0 Å². The van der Waals surface area contributed by atoms with Crippen molar-refractivity contribution in [2.45, 2.75) is 7.43 Å². The monoisotopic (exact) mass is 191 g/mol. The van der Waals surface area contributed by atoms with Gasteiger partial charge in [0.25, 0.3) is 0 Å². The molecule has 0 heterocycles. The Kier molecular flexibility index (Phi) is 65.8. The first-order valence-corrected chi connectivity index (χ1v) is 1.35. The standard InChI is InChI=1S/CHBrF.CH4.Zn/c2-1-3;;/h1H;1H4;. The van der Waals surface area contributed by atoms with E-state index >= 15 is 0 Å². The van der Waals surface area contributed by atoms with Crippen molar-refractivity contribution >= 4 is 15.9 Å². The zero-order valence-electron chi connectivity index (χ0n) is 2.04. The first-order chi connectivity index (χ1) is 1.41. The minimum absolute atomic E-state index is 0.